The molecule has 2 rings (SSSR count). The SMILES string of the molecule is COc1cc2c(cc1OC)CN(CC(CCCCSF)[C@@H](C)O)CC2. The van der Waals surface area contributed by atoms with Gasteiger partial charge in [-0.1, -0.05) is 6.42 Å². The van der Waals surface area contributed by atoms with E-state index in [1.807, 2.05) is 6.92 Å². The number of methoxy groups -OCH3 is 2. The zero-order valence-electron chi connectivity index (χ0n) is 15.5. The highest BCUT2D eigenvalue weighted by Gasteiger charge is 2.23. The summed E-state index contributed by atoms with van der Waals surface area (Å²) in [6, 6.07) is 4.14. The Morgan fingerprint density at radius 2 is 1.88 bits per heavy atom. The number of aliphatic hydroxyl groups is 1. The van der Waals surface area contributed by atoms with Crippen molar-refractivity contribution in [2.75, 3.05) is 33.1 Å². The number of benzene rings is 1. The van der Waals surface area contributed by atoms with Crippen molar-refractivity contribution in [3.63, 3.8) is 0 Å². The number of hydrogen-bond donors (Lipinski definition) is 1. The molecule has 1 aliphatic rings. The van der Waals surface area contributed by atoms with Gasteiger partial charge in [0.1, 0.15) is 0 Å². The first-order valence-corrected chi connectivity index (χ1v) is 9.85. The van der Waals surface area contributed by atoms with Crippen LogP contribution in [-0.2, 0) is 13.0 Å². The van der Waals surface area contributed by atoms with Crippen molar-refractivity contribution in [1.82, 2.24) is 4.90 Å². The van der Waals surface area contributed by atoms with E-state index in [1.54, 1.807) is 14.2 Å². The van der Waals surface area contributed by atoms with Crippen molar-refractivity contribution < 1.29 is 18.5 Å². The number of unbranched alkanes of at least 4 members (excludes halogenated alkanes) is 1. The zero-order chi connectivity index (χ0) is 18.2. The first kappa shape index (κ1) is 20.3. The van der Waals surface area contributed by atoms with Crippen LogP contribution in [0.25, 0.3) is 0 Å². The maximum Gasteiger partial charge on any atom is 0.161 e. The van der Waals surface area contributed by atoms with Crippen LogP contribution in [0.4, 0.5) is 3.89 Å². The predicted molar refractivity (Wildman–Crippen MR) is 101 cm³/mol. The Bertz CT molecular complexity index is 542. The summed E-state index contributed by atoms with van der Waals surface area (Å²) >= 11 is 0.401. The lowest BCUT2D eigenvalue weighted by molar-refractivity contribution is 0.0821. The summed E-state index contributed by atoms with van der Waals surface area (Å²) in [6.45, 7) is 4.57. The van der Waals surface area contributed by atoms with Crippen LogP contribution < -0.4 is 9.47 Å². The van der Waals surface area contributed by atoms with Crippen LogP contribution in [0.15, 0.2) is 12.1 Å². The molecule has 0 amide bonds. The molecular formula is C19H30FNO3S. The summed E-state index contributed by atoms with van der Waals surface area (Å²) in [5.74, 6) is 2.32. The molecule has 0 aliphatic carbocycles. The van der Waals surface area contributed by atoms with Crippen LogP contribution in [0.1, 0.15) is 37.3 Å². The van der Waals surface area contributed by atoms with Crippen molar-refractivity contribution in [3.05, 3.63) is 23.3 Å². The monoisotopic (exact) mass is 371 g/mol. The Labute approximate surface area is 155 Å². The molecular weight excluding hydrogens is 341 g/mol. The van der Waals surface area contributed by atoms with Crippen LogP contribution >= 0.6 is 12.1 Å². The topological polar surface area (TPSA) is 41.9 Å². The number of halogens is 1. The van der Waals surface area contributed by atoms with Crippen LogP contribution in [0.3, 0.4) is 0 Å². The third-order valence-corrected chi connectivity index (χ3v) is 5.46. The molecule has 0 aromatic heterocycles. The van der Waals surface area contributed by atoms with E-state index in [9.17, 15) is 8.99 Å². The minimum absolute atomic E-state index is 0.228. The lowest BCUT2D eigenvalue weighted by atomic mass is 9.93. The Morgan fingerprint density at radius 3 is 2.48 bits per heavy atom. The molecule has 0 saturated heterocycles. The molecule has 1 heterocycles. The summed E-state index contributed by atoms with van der Waals surface area (Å²) in [5, 5.41) is 10.1. The minimum Gasteiger partial charge on any atom is -0.493 e. The van der Waals surface area contributed by atoms with Gasteiger partial charge in [0, 0.05) is 37.5 Å². The first-order valence-electron chi connectivity index (χ1n) is 8.96. The number of ether oxygens (including phenoxy) is 2. The van der Waals surface area contributed by atoms with E-state index in [4.69, 9.17) is 9.47 Å². The van der Waals surface area contributed by atoms with Gasteiger partial charge in [0.25, 0.3) is 0 Å². The molecule has 0 bridgehead atoms. The van der Waals surface area contributed by atoms with Crippen LogP contribution in [0.5, 0.6) is 11.5 Å². The average molecular weight is 372 g/mol. The van der Waals surface area contributed by atoms with E-state index in [2.05, 4.69) is 17.0 Å². The van der Waals surface area contributed by atoms with Crippen LogP contribution in [0, 0.1) is 5.92 Å². The molecule has 4 nitrogen and oxygen atoms in total. The molecule has 1 unspecified atom stereocenters. The lowest BCUT2D eigenvalue weighted by Crippen LogP contribution is -2.37. The van der Waals surface area contributed by atoms with Gasteiger partial charge in [-0.3, -0.25) is 4.90 Å². The molecule has 1 aromatic carbocycles. The largest absolute Gasteiger partial charge is 0.493 e. The van der Waals surface area contributed by atoms with E-state index in [0.29, 0.717) is 17.9 Å². The molecule has 0 fully saturated rings. The van der Waals surface area contributed by atoms with E-state index in [-0.39, 0.29) is 12.0 Å². The van der Waals surface area contributed by atoms with Gasteiger partial charge >= 0.3 is 0 Å². The number of fused-ring (bicyclic) bond motifs is 1. The molecule has 0 radical (unpaired) electrons. The summed E-state index contributed by atoms with van der Waals surface area (Å²) in [7, 11) is 3.32. The highest BCUT2D eigenvalue weighted by molar-refractivity contribution is 7.94. The van der Waals surface area contributed by atoms with Gasteiger partial charge in [-0.15, -0.1) is 0 Å². The van der Waals surface area contributed by atoms with E-state index in [1.165, 1.54) is 11.1 Å². The highest BCUT2D eigenvalue weighted by Crippen LogP contribution is 2.33. The molecule has 0 spiro atoms. The summed E-state index contributed by atoms with van der Waals surface area (Å²) < 4.78 is 23.0. The van der Waals surface area contributed by atoms with Gasteiger partial charge in [0.15, 0.2) is 11.5 Å². The molecule has 25 heavy (non-hydrogen) atoms. The fraction of sp³-hybridized carbons (Fsp3) is 0.684. The maximum atomic E-state index is 12.1. The Hall–Kier alpha value is -0.980. The fourth-order valence-corrected chi connectivity index (χ4v) is 3.79. The highest BCUT2D eigenvalue weighted by atomic mass is 32.2. The maximum absolute atomic E-state index is 12.1. The van der Waals surface area contributed by atoms with E-state index in [0.717, 1.165) is 56.8 Å². The van der Waals surface area contributed by atoms with E-state index < -0.39 is 0 Å². The third-order valence-electron chi connectivity index (χ3n) is 5.02. The van der Waals surface area contributed by atoms with Crippen molar-refractivity contribution >= 4 is 12.1 Å². The average Bonchev–Trinajstić information content (AvgIpc) is 2.62. The number of nitrogens with zero attached hydrogens (tertiary/aromatic N) is 1. The predicted octanol–water partition coefficient (Wildman–Crippen LogP) is 3.85. The lowest BCUT2D eigenvalue weighted by Gasteiger charge is -2.33. The van der Waals surface area contributed by atoms with Gasteiger partial charge in [0.2, 0.25) is 0 Å². The van der Waals surface area contributed by atoms with Gasteiger partial charge in [-0.05, 0) is 55.4 Å². The van der Waals surface area contributed by atoms with Crippen molar-refractivity contribution in [2.24, 2.45) is 5.92 Å². The van der Waals surface area contributed by atoms with Crippen molar-refractivity contribution in [3.8, 4) is 11.5 Å². The second kappa shape index (κ2) is 10.2. The second-order valence-electron chi connectivity index (χ2n) is 6.77. The first-order chi connectivity index (χ1) is 12.1. The summed E-state index contributed by atoms with van der Waals surface area (Å²) in [4.78, 5) is 2.40. The smallest absolute Gasteiger partial charge is 0.161 e. The number of hydrogen-bond acceptors (Lipinski definition) is 5. The van der Waals surface area contributed by atoms with Gasteiger partial charge < -0.3 is 14.6 Å². The number of rotatable bonds is 10. The fourth-order valence-electron chi connectivity index (χ4n) is 3.48. The zero-order valence-corrected chi connectivity index (χ0v) is 16.3. The molecule has 142 valence electrons. The van der Waals surface area contributed by atoms with Crippen molar-refractivity contribution in [1.29, 1.82) is 0 Å². The molecule has 2 atom stereocenters. The summed E-state index contributed by atoms with van der Waals surface area (Å²) in [5.41, 5.74) is 2.57. The van der Waals surface area contributed by atoms with Crippen molar-refractivity contribution in [2.45, 2.75) is 45.3 Å². The van der Waals surface area contributed by atoms with Crippen LogP contribution in [-0.4, -0.2) is 49.2 Å². The number of aliphatic hydroxyl groups excluding tert-OH is 1. The Kier molecular flexibility index (Phi) is 8.33. The quantitative estimate of drug-likeness (QED) is 0.633. The van der Waals surface area contributed by atoms with Gasteiger partial charge in [-0.2, -0.15) is 3.89 Å². The Morgan fingerprint density at radius 1 is 1.20 bits per heavy atom. The normalized spacial score (nSPS) is 17.0. The molecule has 0 saturated carbocycles. The standard InChI is InChI=1S/C19H30FNO3S/c1-14(22)16(6-4-5-9-25-20)12-21-8-7-15-10-18(23-2)19(24-3)11-17(15)13-21/h10-11,14,16,22H,4-9,12-13H2,1-3H3/t14-,16?/m1/s1. The van der Waals surface area contributed by atoms with E-state index >= 15 is 0 Å². The molecule has 1 aromatic rings. The minimum atomic E-state index is -0.343. The molecule has 1 N–H and O–H groups in total. The molecule has 1 aliphatic heterocycles. The van der Waals surface area contributed by atoms with Gasteiger partial charge in [-0.25, -0.2) is 0 Å². The Balaban J connectivity index is 1.98. The third kappa shape index (κ3) is 5.76. The van der Waals surface area contributed by atoms with Crippen LogP contribution in [0.2, 0.25) is 0 Å². The second-order valence-corrected chi connectivity index (χ2v) is 7.40. The van der Waals surface area contributed by atoms with Gasteiger partial charge in [0.05, 0.1) is 20.3 Å². The summed E-state index contributed by atoms with van der Waals surface area (Å²) in [6.07, 6.45) is 3.39. The molecule has 6 heteroatoms.